The van der Waals surface area contributed by atoms with Crippen LogP contribution in [-0.2, 0) is 10.2 Å². The molecule has 1 aliphatic rings. The summed E-state index contributed by atoms with van der Waals surface area (Å²) in [5.41, 5.74) is 2.33. The average molecular weight is 356 g/mol. The third-order valence-corrected chi connectivity index (χ3v) is 4.79. The minimum Gasteiger partial charge on any atom is -0.480 e. The van der Waals surface area contributed by atoms with Crippen LogP contribution in [0.5, 0.6) is 0 Å². The van der Waals surface area contributed by atoms with Crippen molar-refractivity contribution in [1.82, 2.24) is 0 Å². The molecule has 2 atom stereocenters. The Morgan fingerprint density at radius 1 is 1.38 bits per heavy atom. The van der Waals surface area contributed by atoms with Crippen LogP contribution in [-0.4, -0.2) is 23.2 Å². The summed E-state index contributed by atoms with van der Waals surface area (Å²) < 4.78 is 0. The first-order chi connectivity index (χ1) is 9.41. The minimum absolute atomic E-state index is 0. The summed E-state index contributed by atoms with van der Waals surface area (Å²) in [4.78, 5) is 13.8. The van der Waals surface area contributed by atoms with Crippen molar-refractivity contribution in [2.75, 3.05) is 4.90 Å². The van der Waals surface area contributed by atoms with Gasteiger partial charge in [-0.15, -0.1) is 17.0 Å². The smallest absolute Gasteiger partial charge is 0.326 e. The van der Waals surface area contributed by atoms with Crippen molar-refractivity contribution in [3.63, 3.8) is 0 Å². The second kappa shape index (κ2) is 6.82. The maximum atomic E-state index is 11.7. The molecule has 4 heteroatoms. The van der Waals surface area contributed by atoms with Crippen LogP contribution in [0.3, 0.4) is 0 Å². The summed E-state index contributed by atoms with van der Waals surface area (Å²) in [7, 11) is 0. The van der Waals surface area contributed by atoms with Gasteiger partial charge < -0.3 is 10.0 Å². The van der Waals surface area contributed by atoms with Crippen LogP contribution in [0.15, 0.2) is 24.3 Å². The van der Waals surface area contributed by atoms with Crippen molar-refractivity contribution in [1.29, 1.82) is 0 Å². The normalized spacial score (nSPS) is 20.6. The quantitative estimate of drug-likeness (QED) is 0.850. The molecule has 0 amide bonds. The number of anilines is 1. The molecule has 1 aromatic rings. The molecule has 3 nitrogen and oxygen atoms in total. The summed E-state index contributed by atoms with van der Waals surface area (Å²) in [5.74, 6) is -0.710. The topological polar surface area (TPSA) is 40.5 Å². The van der Waals surface area contributed by atoms with Crippen molar-refractivity contribution < 1.29 is 9.90 Å². The minimum atomic E-state index is -0.710. The van der Waals surface area contributed by atoms with Gasteiger partial charge in [0.15, 0.2) is 0 Å². The van der Waals surface area contributed by atoms with Gasteiger partial charge in [-0.2, -0.15) is 0 Å². The molecule has 0 bridgehead atoms. The van der Waals surface area contributed by atoms with E-state index in [4.69, 9.17) is 0 Å². The number of carboxylic acids is 1. The van der Waals surface area contributed by atoms with Crippen LogP contribution in [0.1, 0.15) is 52.5 Å². The first kappa shape index (κ1) is 18.0. The van der Waals surface area contributed by atoms with Gasteiger partial charge in [-0.3, -0.25) is 0 Å². The van der Waals surface area contributed by atoms with Gasteiger partial charge in [-0.05, 0) is 25.0 Å². The molecule has 0 aliphatic carbocycles. The number of hydrogen-bond donors (Lipinski definition) is 1. The van der Waals surface area contributed by atoms with E-state index >= 15 is 0 Å². The number of aliphatic carboxylic acids is 1. The number of para-hydroxylation sites is 1. The summed E-state index contributed by atoms with van der Waals surface area (Å²) in [6.45, 7) is 8.65. The van der Waals surface area contributed by atoms with E-state index in [1.54, 1.807) is 0 Å². The zero-order valence-electron chi connectivity index (χ0n) is 13.3. The van der Waals surface area contributed by atoms with Crippen molar-refractivity contribution in [3.8, 4) is 0 Å². The zero-order chi connectivity index (χ0) is 14.9. The lowest BCUT2D eigenvalue weighted by atomic mass is 9.81. The van der Waals surface area contributed by atoms with Crippen LogP contribution in [0, 0.1) is 0 Å². The van der Waals surface area contributed by atoms with Gasteiger partial charge in [0.2, 0.25) is 0 Å². The molecular weight excluding hydrogens is 330 g/mol. The van der Waals surface area contributed by atoms with Gasteiger partial charge in [0.1, 0.15) is 6.04 Å². The lowest BCUT2D eigenvalue weighted by Gasteiger charge is -2.35. The first-order valence-electron chi connectivity index (χ1n) is 7.52. The highest BCUT2D eigenvalue weighted by atomic mass is 79.9. The molecule has 118 valence electrons. The van der Waals surface area contributed by atoms with E-state index in [9.17, 15) is 9.90 Å². The van der Waals surface area contributed by atoms with Gasteiger partial charge in [0.25, 0.3) is 0 Å². The maximum Gasteiger partial charge on any atom is 0.326 e. The number of unbranched alkanes of at least 4 members (excludes halogenated alkanes) is 1. The molecule has 0 saturated carbocycles. The number of carbonyl (C=O) groups is 1. The van der Waals surface area contributed by atoms with Gasteiger partial charge in [-0.25, -0.2) is 4.79 Å². The highest BCUT2D eigenvalue weighted by molar-refractivity contribution is 8.93. The average Bonchev–Trinajstić information content (AvgIpc) is 2.60. The van der Waals surface area contributed by atoms with E-state index in [1.165, 1.54) is 5.56 Å². The zero-order valence-corrected chi connectivity index (χ0v) is 15.0. The molecule has 0 aromatic heterocycles. The molecule has 1 aromatic carbocycles. The van der Waals surface area contributed by atoms with Crippen LogP contribution in [0.2, 0.25) is 0 Å². The van der Waals surface area contributed by atoms with Gasteiger partial charge in [-0.1, -0.05) is 51.8 Å². The fraction of sp³-hybridized carbons (Fsp3) is 0.588. The molecule has 0 saturated heterocycles. The molecule has 2 rings (SSSR count). The fourth-order valence-electron chi connectivity index (χ4n) is 3.24. The van der Waals surface area contributed by atoms with Crippen molar-refractivity contribution in [2.45, 2.75) is 64.5 Å². The van der Waals surface area contributed by atoms with Crippen LogP contribution in [0.25, 0.3) is 0 Å². The molecule has 0 fully saturated rings. The Morgan fingerprint density at radius 2 is 2.00 bits per heavy atom. The van der Waals surface area contributed by atoms with E-state index < -0.39 is 12.0 Å². The fourth-order valence-corrected chi connectivity index (χ4v) is 3.24. The van der Waals surface area contributed by atoms with Gasteiger partial charge >= 0.3 is 5.97 Å². The molecule has 1 N–H and O–H groups in total. The van der Waals surface area contributed by atoms with Crippen LogP contribution in [0.4, 0.5) is 5.69 Å². The largest absolute Gasteiger partial charge is 0.480 e. The molecule has 0 radical (unpaired) electrons. The van der Waals surface area contributed by atoms with E-state index in [0.717, 1.165) is 18.5 Å². The van der Waals surface area contributed by atoms with E-state index in [2.05, 4.69) is 44.7 Å². The van der Waals surface area contributed by atoms with Crippen molar-refractivity contribution in [2.24, 2.45) is 0 Å². The van der Waals surface area contributed by atoms with E-state index in [1.807, 2.05) is 12.1 Å². The number of fused-ring (bicyclic) bond motifs is 1. The van der Waals surface area contributed by atoms with Gasteiger partial charge in [0.05, 0.1) is 0 Å². The van der Waals surface area contributed by atoms with Crippen LogP contribution >= 0.6 is 17.0 Å². The highest BCUT2D eigenvalue weighted by Crippen LogP contribution is 2.46. The lowest BCUT2D eigenvalue weighted by molar-refractivity contribution is -0.139. The third kappa shape index (κ3) is 3.10. The Morgan fingerprint density at radius 3 is 2.57 bits per heavy atom. The molecular formula is C17H26BrNO2. The monoisotopic (exact) mass is 355 g/mol. The lowest BCUT2D eigenvalue weighted by Crippen LogP contribution is -2.48. The Balaban J connectivity index is 0.00000220. The Labute approximate surface area is 138 Å². The highest BCUT2D eigenvalue weighted by Gasteiger charge is 2.45. The molecule has 1 unspecified atom stereocenters. The Hall–Kier alpha value is -1.03. The van der Waals surface area contributed by atoms with Crippen LogP contribution < -0.4 is 4.90 Å². The SMILES string of the molecule is Br.CCCC[C@@H](C(=O)O)N1c2ccccc2C(C)(C)C1C. The van der Waals surface area contributed by atoms with E-state index in [-0.39, 0.29) is 28.4 Å². The number of carboxylic acid groups (broad SMARTS) is 1. The van der Waals surface area contributed by atoms with Crippen molar-refractivity contribution >= 4 is 28.6 Å². The number of halogens is 1. The van der Waals surface area contributed by atoms with Crippen molar-refractivity contribution in [3.05, 3.63) is 29.8 Å². The first-order valence-corrected chi connectivity index (χ1v) is 7.52. The summed E-state index contributed by atoms with van der Waals surface area (Å²) in [6.07, 6.45) is 2.68. The molecule has 0 spiro atoms. The molecule has 21 heavy (non-hydrogen) atoms. The standard InChI is InChI=1S/C17H25NO2.BrH/c1-5-6-10-15(16(19)20)18-12(2)17(3,4)13-9-7-8-11-14(13)18;/h7-9,11-12,15H,5-6,10H2,1-4H3,(H,19,20);1H/t12?,15-;/m0./s1. The predicted molar refractivity (Wildman–Crippen MR) is 92.7 cm³/mol. The summed E-state index contributed by atoms with van der Waals surface area (Å²) >= 11 is 0. The number of rotatable bonds is 5. The van der Waals surface area contributed by atoms with Gasteiger partial charge in [0, 0.05) is 17.1 Å². The van der Waals surface area contributed by atoms with E-state index in [0.29, 0.717) is 6.42 Å². The third-order valence-electron chi connectivity index (χ3n) is 4.79. The summed E-state index contributed by atoms with van der Waals surface area (Å²) in [6, 6.07) is 8.00. The number of hydrogen-bond acceptors (Lipinski definition) is 2. The second-order valence-electron chi connectivity index (χ2n) is 6.32. The number of benzene rings is 1. The second-order valence-corrected chi connectivity index (χ2v) is 6.32. The Bertz CT molecular complexity index is 501. The molecule has 1 aliphatic heterocycles. The maximum absolute atomic E-state index is 11.7. The number of nitrogens with zero attached hydrogens (tertiary/aromatic N) is 1. The predicted octanol–water partition coefficient (Wildman–Crippen LogP) is 4.39. The Kier molecular flexibility index (Phi) is 5.85. The summed E-state index contributed by atoms with van der Waals surface area (Å²) in [5, 5.41) is 9.63. The molecule has 1 heterocycles.